The van der Waals surface area contributed by atoms with Crippen molar-refractivity contribution >= 4 is 0 Å². The zero-order valence-electron chi connectivity index (χ0n) is 10.6. The lowest BCUT2D eigenvalue weighted by atomic mass is 9.91. The summed E-state index contributed by atoms with van der Waals surface area (Å²) in [5, 5.41) is 9.49. The fourth-order valence-electron chi connectivity index (χ4n) is 2.49. The van der Waals surface area contributed by atoms with Crippen molar-refractivity contribution in [2.75, 3.05) is 13.1 Å². The molecule has 0 spiro atoms. The highest BCUT2D eigenvalue weighted by Crippen LogP contribution is 2.23. The van der Waals surface area contributed by atoms with Crippen LogP contribution >= 0.6 is 0 Å². The zero-order valence-corrected chi connectivity index (χ0v) is 10.6. The standard InChI is InChI=1S/C13H27NO/c1-4-11(3)10-14(5-2)12-6-8-13(15)9-7-12/h11-13,15H,4-10H2,1-3H3. The number of aliphatic hydroxyl groups excluding tert-OH is 1. The predicted molar refractivity (Wildman–Crippen MR) is 65.0 cm³/mol. The first-order chi connectivity index (χ1) is 7.17. The lowest BCUT2D eigenvalue weighted by Gasteiger charge is -2.36. The van der Waals surface area contributed by atoms with Crippen LogP contribution in [0.3, 0.4) is 0 Å². The summed E-state index contributed by atoms with van der Waals surface area (Å²) in [6.07, 6.45) is 5.62. The van der Waals surface area contributed by atoms with Crippen LogP contribution in [0.2, 0.25) is 0 Å². The van der Waals surface area contributed by atoms with Crippen molar-refractivity contribution in [1.82, 2.24) is 4.90 Å². The molecule has 0 radical (unpaired) electrons. The minimum absolute atomic E-state index is 0.0245. The molecule has 1 saturated carbocycles. The van der Waals surface area contributed by atoms with Crippen LogP contribution in [0.15, 0.2) is 0 Å². The molecule has 2 nitrogen and oxygen atoms in total. The second-order valence-electron chi connectivity index (χ2n) is 5.06. The maximum atomic E-state index is 9.49. The molecule has 1 atom stereocenters. The van der Waals surface area contributed by atoms with Gasteiger partial charge in [0.25, 0.3) is 0 Å². The SMILES string of the molecule is CCC(C)CN(CC)C1CCC(O)CC1. The van der Waals surface area contributed by atoms with Gasteiger partial charge in [0.15, 0.2) is 0 Å². The van der Waals surface area contributed by atoms with Gasteiger partial charge in [-0.15, -0.1) is 0 Å². The van der Waals surface area contributed by atoms with E-state index < -0.39 is 0 Å². The van der Waals surface area contributed by atoms with Crippen molar-refractivity contribution in [2.45, 2.75) is 65.0 Å². The first-order valence-corrected chi connectivity index (χ1v) is 6.59. The molecule has 0 heterocycles. The Morgan fingerprint density at radius 3 is 2.27 bits per heavy atom. The second kappa shape index (κ2) is 6.49. The van der Waals surface area contributed by atoms with Gasteiger partial charge in [-0.05, 0) is 38.1 Å². The van der Waals surface area contributed by atoms with Crippen LogP contribution in [0.5, 0.6) is 0 Å². The number of hydrogen-bond acceptors (Lipinski definition) is 2. The monoisotopic (exact) mass is 213 g/mol. The van der Waals surface area contributed by atoms with E-state index in [4.69, 9.17) is 0 Å². The number of rotatable bonds is 5. The van der Waals surface area contributed by atoms with Crippen LogP contribution in [0, 0.1) is 5.92 Å². The van der Waals surface area contributed by atoms with Crippen molar-refractivity contribution in [3.63, 3.8) is 0 Å². The topological polar surface area (TPSA) is 23.5 Å². The molecule has 2 heteroatoms. The Bertz CT molecular complexity index is 164. The van der Waals surface area contributed by atoms with Gasteiger partial charge in [-0.1, -0.05) is 27.2 Å². The van der Waals surface area contributed by atoms with Gasteiger partial charge in [-0.3, -0.25) is 0 Å². The Kier molecular flexibility index (Phi) is 5.62. The van der Waals surface area contributed by atoms with Crippen LogP contribution < -0.4 is 0 Å². The van der Waals surface area contributed by atoms with Crippen LogP contribution in [-0.2, 0) is 0 Å². The Morgan fingerprint density at radius 2 is 1.80 bits per heavy atom. The van der Waals surface area contributed by atoms with Crippen molar-refractivity contribution < 1.29 is 5.11 Å². The van der Waals surface area contributed by atoms with Gasteiger partial charge >= 0.3 is 0 Å². The maximum Gasteiger partial charge on any atom is 0.0541 e. The number of hydrogen-bond donors (Lipinski definition) is 1. The summed E-state index contributed by atoms with van der Waals surface area (Å²) in [4.78, 5) is 2.61. The van der Waals surface area contributed by atoms with Crippen LogP contribution in [0.1, 0.15) is 52.9 Å². The number of aliphatic hydroxyl groups is 1. The molecule has 0 aromatic rings. The minimum Gasteiger partial charge on any atom is -0.393 e. The fraction of sp³-hybridized carbons (Fsp3) is 1.00. The quantitative estimate of drug-likeness (QED) is 0.759. The normalized spacial score (nSPS) is 29.4. The molecule has 0 amide bonds. The van der Waals surface area contributed by atoms with Crippen LogP contribution in [0.25, 0.3) is 0 Å². The van der Waals surface area contributed by atoms with E-state index >= 15 is 0 Å². The lowest BCUT2D eigenvalue weighted by Crippen LogP contribution is -2.41. The van der Waals surface area contributed by atoms with Crippen molar-refractivity contribution in [2.24, 2.45) is 5.92 Å². The number of nitrogens with zero attached hydrogens (tertiary/aromatic N) is 1. The van der Waals surface area contributed by atoms with E-state index in [9.17, 15) is 5.11 Å². The third-order valence-electron chi connectivity index (χ3n) is 3.83. The maximum absolute atomic E-state index is 9.49. The Balaban J connectivity index is 2.37. The summed E-state index contributed by atoms with van der Waals surface area (Å²) in [5.74, 6) is 0.803. The second-order valence-corrected chi connectivity index (χ2v) is 5.06. The molecule has 15 heavy (non-hydrogen) atoms. The van der Waals surface area contributed by atoms with E-state index in [0.29, 0.717) is 0 Å². The summed E-state index contributed by atoms with van der Waals surface area (Å²) in [6, 6.07) is 0.729. The first kappa shape index (κ1) is 13.0. The smallest absolute Gasteiger partial charge is 0.0541 e. The van der Waals surface area contributed by atoms with E-state index in [1.54, 1.807) is 0 Å². The van der Waals surface area contributed by atoms with Gasteiger partial charge in [0.1, 0.15) is 0 Å². The van der Waals surface area contributed by atoms with Gasteiger partial charge in [0, 0.05) is 12.6 Å². The van der Waals surface area contributed by atoms with Crippen molar-refractivity contribution in [3.05, 3.63) is 0 Å². The molecule has 0 bridgehead atoms. The molecule has 1 aliphatic rings. The third kappa shape index (κ3) is 4.12. The molecule has 1 N–H and O–H groups in total. The molecule has 1 aliphatic carbocycles. The molecule has 0 aromatic heterocycles. The molecule has 0 aromatic carbocycles. The van der Waals surface area contributed by atoms with Gasteiger partial charge in [-0.25, -0.2) is 0 Å². The lowest BCUT2D eigenvalue weighted by molar-refractivity contribution is 0.0696. The van der Waals surface area contributed by atoms with Gasteiger partial charge in [-0.2, -0.15) is 0 Å². The van der Waals surface area contributed by atoms with Crippen LogP contribution in [0.4, 0.5) is 0 Å². The zero-order chi connectivity index (χ0) is 11.3. The Hall–Kier alpha value is -0.0800. The molecule has 0 saturated heterocycles. The molecular weight excluding hydrogens is 186 g/mol. The summed E-state index contributed by atoms with van der Waals surface area (Å²) in [7, 11) is 0. The fourth-order valence-corrected chi connectivity index (χ4v) is 2.49. The average molecular weight is 213 g/mol. The van der Waals surface area contributed by atoms with Crippen molar-refractivity contribution in [3.8, 4) is 0 Å². The molecule has 0 aliphatic heterocycles. The highest BCUT2D eigenvalue weighted by Gasteiger charge is 2.24. The Labute approximate surface area is 94.7 Å². The molecular formula is C13H27NO. The largest absolute Gasteiger partial charge is 0.393 e. The van der Waals surface area contributed by atoms with E-state index in [1.165, 1.54) is 25.8 Å². The summed E-state index contributed by atoms with van der Waals surface area (Å²) >= 11 is 0. The summed E-state index contributed by atoms with van der Waals surface area (Å²) in [6.45, 7) is 9.25. The molecule has 90 valence electrons. The molecule has 1 fully saturated rings. The van der Waals surface area contributed by atoms with E-state index in [1.807, 2.05) is 0 Å². The van der Waals surface area contributed by atoms with E-state index in [-0.39, 0.29) is 6.10 Å². The molecule has 1 unspecified atom stereocenters. The van der Waals surface area contributed by atoms with E-state index in [0.717, 1.165) is 31.3 Å². The minimum atomic E-state index is -0.0245. The van der Waals surface area contributed by atoms with Gasteiger partial charge in [0.2, 0.25) is 0 Å². The van der Waals surface area contributed by atoms with Crippen molar-refractivity contribution in [1.29, 1.82) is 0 Å². The van der Waals surface area contributed by atoms with E-state index in [2.05, 4.69) is 25.7 Å². The predicted octanol–water partition coefficient (Wildman–Crippen LogP) is 2.66. The van der Waals surface area contributed by atoms with Gasteiger partial charge < -0.3 is 10.0 Å². The highest BCUT2D eigenvalue weighted by atomic mass is 16.3. The molecule has 1 rings (SSSR count). The van der Waals surface area contributed by atoms with Gasteiger partial charge in [0.05, 0.1) is 6.10 Å². The third-order valence-corrected chi connectivity index (χ3v) is 3.83. The van der Waals surface area contributed by atoms with Crippen LogP contribution in [-0.4, -0.2) is 35.2 Å². The average Bonchev–Trinajstić information content (AvgIpc) is 2.27. The highest BCUT2D eigenvalue weighted by molar-refractivity contribution is 4.79. The summed E-state index contributed by atoms with van der Waals surface area (Å²) in [5.41, 5.74) is 0. The first-order valence-electron chi connectivity index (χ1n) is 6.59. The summed E-state index contributed by atoms with van der Waals surface area (Å²) < 4.78 is 0. The Morgan fingerprint density at radius 1 is 1.20 bits per heavy atom.